The number of aryl methyl sites for hydroxylation is 1. The number of aldehydes is 1. The highest BCUT2D eigenvalue weighted by Crippen LogP contribution is 2.24. The SMILES string of the molecule is Cn1cc(NC(=S)Nc2cc(C=O)n[nH]2)c2ccccc21. The van der Waals surface area contributed by atoms with Crippen LogP contribution in [0.2, 0.25) is 0 Å². The van der Waals surface area contributed by atoms with Gasteiger partial charge in [-0.25, -0.2) is 0 Å². The van der Waals surface area contributed by atoms with Crippen LogP contribution in [0.5, 0.6) is 0 Å². The Morgan fingerprint density at radius 2 is 2.19 bits per heavy atom. The summed E-state index contributed by atoms with van der Waals surface area (Å²) in [5.41, 5.74) is 2.36. The quantitative estimate of drug-likeness (QED) is 0.512. The molecule has 3 aromatic rings. The highest BCUT2D eigenvalue weighted by Gasteiger charge is 2.08. The molecule has 2 heterocycles. The van der Waals surface area contributed by atoms with Crippen molar-refractivity contribution in [2.24, 2.45) is 7.05 Å². The monoisotopic (exact) mass is 299 g/mol. The lowest BCUT2D eigenvalue weighted by atomic mass is 10.2. The van der Waals surface area contributed by atoms with Crippen molar-refractivity contribution < 1.29 is 4.79 Å². The number of nitrogens with one attached hydrogen (secondary N) is 3. The standard InChI is InChI=1S/C14H13N5OS/c1-19-7-11(10-4-2-3-5-12(10)19)15-14(21)16-13-6-9(8-20)17-18-13/h2-8H,1H3,(H3,15,16,17,18,21). The fourth-order valence-corrected chi connectivity index (χ4v) is 2.40. The van der Waals surface area contributed by atoms with E-state index in [9.17, 15) is 4.79 Å². The Morgan fingerprint density at radius 3 is 2.95 bits per heavy atom. The molecule has 0 spiro atoms. The molecule has 0 radical (unpaired) electrons. The molecule has 0 aliphatic carbocycles. The number of rotatable bonds is 3. The number of carbonyl (C=O) groups excluding carboxylic acids is 1. The molecule has 2 aromatic heterocycles. The first-order valence-corrected chi connectivity index (χ1v) is 6.71. The van der Waals surface area contributed by atoms with Crippen LogP contribution in [0, 0.1) is 0 Å². The average Bonchev–Trinajstić information content (AvgIpc) is 3.05. The fraction of sp³-hybridized carbons (Fsp3) is 0.0714. The minimum Gasteiger partial charge on any atom is -0.348 e. The van der Waals surface area contributed by atoms with Gasteiger partial charge >= 0.3 is 0 Å². The van der Waals surface area contributed by atoms with Crippen molar-refractivity contribution in [1.29, 1.82) is 0 Å². The maximum absolute atomic E-state index is 10.6. The van der Waals surface area contributed by atoms with Gasteiger partial charge in [-0.15, -0.1) is 0 Å². The molecule has 0 saturated heterocycles. The molecule has 0 aliphatic heterocycles. The summed E-state index contributed by atoms with van der Waals surface area (Å²) in [6.45, 7) is 0. The van der Waals surface area contributed by atoms with Crippen LogP contribution in [0.25, 0.3) is 10.9 Å². The molecular formula is C14H13N5OS. The number of anilines is 2. The third kappa shape index (κ3) is 2.63. The number of thiocarbonyl (C=S) groups is 1. The molecule has 3 rings (SSSR count). The molecule has 3 N–H and O–H groups in total. The highest BCUT2D eigenvalue weighted by molar-refractivity contribution is 7.80. The number of para-hydroxylation sites is 1. The molecule has 0 atom stereocenters. The number of H-pyrrole nitrogens is 1. The Balaban J connectivity index is 1.78. The average molecular weight is 299 g/mol. The van der Waals surface area contributed by atoms with Gasteiger partial charge in [0.25, 0.3) is 0 Å². The number of aromatic amines is 1. The minimum absolute atomic E-state index is 0.325. The zero-order chi connectivity index (χ0) is 14.8. The first-order valence-electron chi connectivity index (χ1n) is 6.30. The smallest absolute Gasteiger partial charge is 0.176 e. The first kappa shape index (κ1) is 13.3. The molecule has 0 bridgehead atoms. The van der Waals surface area contributed by atoms with Crippen molar-refractivity contribution in [2.75, 3.05) is 10.6 Å². The predicted octanol–water partition coefficient (Wildman–Crippen LogP) is 2.52. The molecule has 1 aromatic carbocycles. The molecule has 0 fully saturated rings. The van der Waals surface area contributed by atoms with Gasteiger partial charge in [-0.3, -0.25) is 9.89 Å². The van der Waals surface area contributed by atoms with E-state index in [0.29, 0.717) is 22.9 Å². The summed E-state index contributed by atoms with van der Waals surface area (Å²) in [5.74, 6) is 0.565. The summed E-state index contributed by atoms with van der Waals surface area (Å²) in [6, 6.07) is 9.64. The lowest BCUT2D eigenvalue weighted by Gasteiger charge is -2.07. The number of nitrogens with zero attached hydrogens (tertiary/aromatic N) is 2. The zero-order valence-electron chi connectivity index (χ0n) is 11.3. The summed E-state index contributed by atoms with van der Waals surface area (Å²) in [7, 11) is 1.98. The van der Waals surface area contributed by atoms with Crippen LogP contribution in [-0.2, 0) is 7.05 Å². The van der Waals surface area contributed by atoms with Gasteiger partial charge in [-0.05, 0) is 18.3 Å². The largest absolute Gasteiger partial charge is 0.348 e. The molecule has 0 unspecified atom stereocenters. The van der Waals surface area contributed by atoms with E-state index in [1.165, 1.54) is 0 Å². The van der Waals surface area contributed by atoms with Crippen LogP contribution in [0.3, 0.4) is 0 Å². The third-order valence-corrected chi connectivity index (χ3v) is 3.32. The number of hydrogen-bond acceptors (Lipinski definition) is 3. The number of hydrogen-bond donors (Lipinski definition) is 3. The van der Waals surface area contributed by atoms with Gasteiger partial charge in [0.1, 0.15) is 11.5 Å². The van der Waals surface area contributed by atoms with Crippen molar-refractivity contribution in [3.05, 3.63) is 42.2 Å². The van der Waals surface area contributed by atoms with Crippen molar-refractivity contribution in [1.82, 2.24) is 14.8 Å². The van der Waals surface area contributed by atoms with Crippen LogP contribution in [0.4, 0.5) is 11.5 Å². The maximum Gasteiger partial charge on any atom is 0.176 e. The highest BCUT2D eigenvalue weighted by atomic mass is 32.1. The van der Waals surface area contributed by atoms with Gasteiger partial charge in [0.05, 0.1) is 5.69 Å². The van der Waals surface area contributed by atoms with Crippen LogP contribution in [0.15, 0.2) is 36.5 Å². The van der Waals surface area contributed by atoms with E-state index >= 15 is 0 Å². The van der Waals surface area contributed by atoms with E-state index in [4.69, 9.17) is 12.2 Å². The summed E-state index contributed by atoms with van der Waals surface area (Å²) >= 11 is 5.27. The number of benzene rings is 1. The normalized spacial score (nSPS) is 10.5. The number of aromatic nitrogens is 3. The molecular weight excluding hydrogens is 286 g/mol. The third-order valence-electron chi connectivity index (χ3n) is 3.11. The summed E-state index contributed by atoms with van der Waals surface area (Å²) in [6.07, 6.45) is 2.64. The molecule has 0 aliphatic rings. The Morgan fingerprint density at radius 1 is 1.38 bits per heavy atom. The van der Waals surface area contributed by atoms with E-state index < -0.39 is 0 Å². The molecule has 6 nitrogen and oxygen atoms in total. The van der Waals surface area contributed by atoms with Gasteiger partial charge in [0.2, 0.25) is 0 Å². The Hall–Kier alpha value is -2.67. The first-order chi connectivity index (χ1) is 10.2. The Kier molecular flexibility index (Phi) is 3.41. The molecule has 21 heavy (non-hydrogen) atoms. The second kappa shape index (κ2) is 5.37. The van der Waals surface area contributed by atoms with Crippen LogP contribution in [-0.4, -0.2) is 26.2 Å². The molecule has 0 amide bonds. The van der Waals surface area contributed by atoms with Crippen LogP contribution >= 0.6 is 12.2 Å². The van der Waals surface area contributed by atoms with Crippen LogP contribution < -0.4 is 10.6 Å². The summed E-state index contributed by atoms with van der Waals surface area (Å²) in [4.78, 5) is 10.6. The van der Waals surface area contributed by atoms with E-state index in [0.717, 1.165) is 16.6 Å². The van der Waals surface area contributed by atoms with Crippen molar-refractivity contribution >= 4 is 46.0 Å². The second-order valence-corrected chi connectivity index (χ2v) is 4.98. The number of carbonyl (C=O) groups is 1. The summed E-state index contributed by atoms with van der Waals surface area (Å²) in [5, 5.41) is 14.1. The van der Waals surface area contributed by atoms with Gasteiger partial charge in [0.15, 0.2) is 11.4 Å². The fourth-order valence-electron chi connectivity index (χ4n) is 2.18. The van der Waals surface area contributed by atoms with Gasteiger partial charge in [0, 0.05) is 30.2 Å². The van der Waals surface area contributed by atoms with Crippen molar-refractivity contribution in [3.63, 3.8) is 0 Å². The van der Waals surface area contributed by atoms with Crippen molar-refractivity contribution in [2.45, 2.75) is 0 Å². The zero-order valence-corrected chi connectivity index (χ0v) is 12.1. The van der Waals surface area contributed by atoms with Gasteiger partial charge in [-0.2, -0.15) is 5.10 Å². The second-order valence-electron chi connectivity index (χ2n) is 4.57. The van der Waals surface area contributed by atoms with Gasteiger partial charge in [-0.1, -0.05) is 18.2 Å². The Bertz CT molecular complexity index is 820. The number of fused-ring (bicyclic) bond motifs is 1. The van der Waals surface area contributed by atoms with E-state index in [2.05, 4.69) is 20.8 Å². The predicted molar refractivity (Wildman–Crippen MR) is 86.7 cm³/mol. The topological polar surface area (TPSA) is 74.7 Å². The molecule has 106 valence electrons. The molecule has 0 saturated carbocycles. The van der Waals surface area contributed by atoms with Gasteiger partial charge < -0.3 is 15.2 Å². The Labute approximate surface area is 126 Å². The lowest BCUT2D eigenvalue weighted by molar-refractivity contribution is 0.111. The van der Waals surface area contributed by atoms with Crippen LogP contribution in [0.1, 0.15) is 10.5 Å². The lowest BCUT2D eigenvalue weighted by Crippen LogP contribution is -2.19. The molecule has 7 heteroatoms. The van der Waals surface area contributed by atoms with E-state index in [1.54, 1.807) is 6.07 Å². The summed E-state index contributed by atoms with van der Waals surface area (Å²) < 4.78 is 2.03. The van der Waals surface area contributed by atoms with E-state index in [1.807, 2.05) is 42.1 Å². The van der Waals surface area contributed by atoms with E-state index in [-0.39, 0.29) is 0 Å². The minimum atomic E-state index is 0.325. The maximum atomic E-state index is 10.6. The van der Waals surface area contributed by atoms with Crippen molar-refractivity contribution in [3.8, 4) is 0 Å².